The molecule has 1 aromatic heterocycles. The molecular weight excluding hydrogens is 273 g/mol. The van der Waals surface area contributed by atoms with Crippen LogP contribution in [0.15, 0.2) is 28.8 Å². The van der Waals surface area contributed by atoms with E-state index < -0.39 is 0 Å². The lowest BCUT2D eigenvalue weighted by atomic mass is 10.1. The molecule has 0 spiro atoms. The van der Waals surface area contributed by atoms with E-state index in [9.17, 15) is 9.18 Å². The van der Waals surface area contributed by atoms with Crippen molar-refractivity contribution in [1.29, 1.82) is 0 Å². The van der Waals surface area contributed by atoms with Gasteiger partial charge >= 0.3 is 0 Å². The molecule has 5 nitrogen and oxygen atoms in total. The third kappa shape index (κ3) is 3.88. The van der Waals surface area contributed by atoms with Crippen molar-refractivity contribution in [3.63, 3.8) is 0 Å². The number of hydrogen-bond donors (Lipinski definition) is 2. The van der Waals surface area contributed by atoms with E-state index in [4.69, 9.17) is 4.52 Å². The zero-order chi connectivity index (χ0) is 15.4. The largest absolute Gasteiger partial charge is 0.361 e. The summed E-state index contributed by atoms with van der Waals surface area (Å²) in [6.07, 6.45) is 0. The van der Waals surface area contributed by atoms with Crippen molar-refractivity contribution in [3.05, 3.63) is 47.1 Å². The molecule has 0 radical (unpaired) electrons. The van der Waals surface area contributed by atoms with Crippen LogP contribution < -0.4 is 10.6 Å². The fourth-order valence-electron chi connectivity index (χ4n) is 2.23. The Bertz CT molecular complexity index is 620. The molecule has 1 aromatic carbocycles. The molecule has 2 aromatic rings. The molecule has 21 heavy (non-hydrogen) atoms. The molecule has 0 fully saturated rings. The summed E-state index contributed by atoms with van der Waals surface area (Å²) in [6.45, 7) is 5.74. The van der Waals surface area contributed by atoms with Crippen molar-refractivity contribution in [2.75, 3.05) is 11.9 Å². The zero-order valence-corrected chi connectivity index (χ0v) is 12.2. The SMILES string of the molecule is Cc1noc(C)c1C(C)NCC(=O)Nc1cccc(F)c1. The van der Waals surface area contributed by atoms with Gasteiger partial charge in [-0.3, -0.25) is 4.79 Å². The summed E-state index contributed by atoms with van der Waals surface area (Å²) in [5.74, 6) is 0.113. The van der Waals surface area contributed by atoms with Gasteiger partial charge in [0, 0.05) is 17.3 Å². The number of anilines is 1. The van der Waals surface area contributed by atoms with Crippen LogP contribution in [-0.4, -0.2) is 17.6 Å². The first-order chi connectivity index (χ1) is 9.97. The molecule has 2 N–H and O–H groups in total. The highest BCUT2D eigenvalue weighted by Gasteiger charge is 2.16. The van der Waals surface area contributed by atoms with Crippen molar-refractivity contribution in [2.45, 2.75) is 26.8 Å². The van der Waals surface area contributed by atoms with Crippen LogP contribution in [0.4, 0.5) is 10.1 Å². The molecule has 0 aliphatic carbocycles. The Morgan fingerprint density at radius 3 is 2.81 bits per heavy atom. The van der Waals surface area contributed by atoms with Crippen molar-refractivity contribution in [2.24, 2.45) is 0 Å². The first kappa shape index (κ1) is 15.2. The Kier molecular flexibility index (Phi) is 4.70. The maximum Gasteiger partial charge on any atom is 0.238 e. The highest BCUT2D eigenvalue weighted by molar-refractivity contribution is 5.92. The molecule has 2 rings (SSSR count). The lowest BCUT2D eigenvalue weighted by Gasteiger charge is -2.13. The van der Waals surface area contributed by atoms with Crippen LogP contribution in [0.3, 0.4) is 0 Å². The van der Waals surface area contributed by atoms with E-state index in [2.05, 4.69) is 15.8 Å². The second kappa shape index (κ2) is 6.49. The summed E-state index contributed by atoms with van der Waals surface area (Å²) in [6, 6.07) is 5.72. The predicted octanol–water partition coefficient (Wildman–Crippen LogP) is 2.72. The smallest absolute Gasteiger partial charge is 0.238 e. The number of rotatable bonds is 5. The molecule has 1 heterocycles. The summed E-state index contributed by atoms with van der Waals surface area (Å²) < 4.78 is 18.1. The topological polar surface area (TPSA) is 67.2 Å². The van der Waals surface area contributed by atoms with Gasteiger partial charge in [0.1, 0.15) is 11.6 Å². The van der Waals surface area contributed by atoms with Gasteiger partial charge < -0.3 is 15.2 Å². The van der Waals surface area contributed by atoms with Crippen molar-refractivity contribution in [3.8, 4) is 0 Å². The monoisotopic (exact) mass is 291 g/mol. The molecule has 1 atom stereocenters. The highest BCUT2D eigenvalue weighted by Crippen LogP contribution is 2.20. The fourth-order valence-corrected chi connectivity index (χ4v) is 2.23. The van der Waals surface area contributed by atoms with Crippen LogP contribution in [0, 0.1) is 19.7 Å². The van der Waals surface area contributed by atoms with Gasteiger partial charge in [-0.05, 0) is 39.0 Å². The molecule has 1 unspecified atom stereocenters. The number of aromatic nitrogens is 1. The van der Waals surface area contributed by atoms with E-state index in [-0.39, 0.29) is 24.3 Å². The third-order valence-corrected chi connectivity index (χ3v) is 3.20. The number of carbonyl (C=O) groups excluding carboxylic acids is 1. The Morgan fingerprint density at radius 2 is 2.19 bits per heavy atom. The van der Waals surface area contributed by atoms with Crippen LogP contribution in [0.1, 0.15) is 30.0 Å². The number of aryl methyl sites for hydroxylation is 2. The molecule has 112 valence electrons. The number of benzene rings is 1. The van der Waals surface area contributed by atoms with Crippen molar-refractivity contribution >= 4 is 11.6 Å². The fraction of sp³-hybridized carbons (Fsp3) is 0.333. The lowest BCUT2D eigenvalue weighted by molar-refractivity contribution is -0.115. The van der Waals surface area contributed by atoms with Gasteiger partial charge in [-0.15, -0.1) is 0 Å². The Balaban J connectivity index is 1.89. The van der Waals surface area contributed by atoms with Gasteiger partial charge in [0.2, 0.25) is 5.91 Å². The normalized spacial score (nSPS) is 12.2. The van der Waals surface area contributed by atoms with Gasteiger partial charge in [0.15, 0.2) is 0 Å². The van der Waals surface area contributed by atoms with Crippen molar-refractivity contribution < 1.29 is 13.7 Å². The molecule has 0 saturated carbocycles. The molecule has 6 heteroatoms. The second-order valence-electron chi connectivity index (χ2n) is 4.90. The van der Waals surface area contributed by atoms with Gasteiger partial charge in [0.25, 0.3) is 0 Å². The summed E-state index contributed by atoms with van der Waals surface area (Å²) in [7, 11) is 0. The van der Waals surface area contributed by atoms with Crippen LogP contribution in [0.5, 0.6) is 0 Å². The minimum Gasteiger partial charge on any atom is -0.361 e. The predicted molar refractivity (Wildman–Crippen MR) is 77.4 cm³/mol. The zero-order valence-electron chi connectivity index (χ0n) is 12.2. The Hall–Kier alpha value is -2.21. The maximum atomic E-state index is 13.0. The average Bonchev–Trinajstić information content (AvgIpc) is 2.76. The minimum absolute atomic E-state index is 0.0606. The number of amides is 1. The number of nitrogens with zero attached hydrogens (tertiary/aromatic N) is 1. The van der Waals surface area contributed by atoms with Gasteiger partial charge in [-0.1, -0.05) is 11.2 Å². The minimum atomic E-state index is -0.384. The van der Waals surface area contributed by atoms with E-state index >= 15 is 0 Å². The summed E-state index contributed by atoms with van der Waals surface area (Å²) in [5.41, 5.74) is 2.19. The molecule has 0 bridgehead atoms. The summed E-state index contributed by atoms with van der Waals surface area (Å²) >= 11 is 0. The van der Waals surface area contributed by atoms with E-state index in [1.165, 1.54) is 12.1 Å². The highest BCUT2D eigenvalue weighted by atomic mass is 19.1. The van der Waals surface area contributed by atoms with Gasteiger partial charge in [-0.25, -0.2) is 4.39 Å². The average molecular weight is 291 g/mol. The second-order valence-corrected chi connectivity index (χ2v) is 4.90. The van der Waals surface area contributed by atoms with Crippen LogP contribution in [0.2, 0.25) is 0 Å². The number of hydrogen-bond acceptors (Lipinski definition) is 4. The number of nitrogens with one attached hydrogen (secondary N) is 2. The van der Waals surface area contributed by atoms with Crippen LogP contribution >= 0.6 is 0 Å². The van der Waals surface area contributed by atoms with E-state index in [0.29, 0.717) is 5.69 Å². The first-order valence-corrected chi connectivity index (χ1v) is 6.69. The van der Waals surface area contributed by atoms with E-state index in [1.807, 2.05) is 20.8 Å². The number of halogens is 1. The molecule has 0 aliphatic heterocycles. The van der Waals surface area contributed by atoms with E-state index in [0.717, 1.165) is 17.0 Å². The third-order valence-electron chi connectivity index (χ3n) is 3.20. The van der Waals surface area contributed by atoms with Crippen LogP contribution in [0.25, 0.3) is 0 Å². The van der Waals surface area contributed by atoms with Gasteiger partial charge in [0.05, 0.1) is 12.2 Å². The van der Waals surface area contributed by atoms with Crippen molar-refractivity contribution in [1.82, 2.24) is 10.5 Å². The molecule has 0 saturated heterocycles. The quantitative estimate of drug-likeness (QED) is 0.889. The standard InChI is InChI=1S/C15H18FN3O2/c1-9(15-10(2)19-21-11(15)3)17-8-14(20)18-13-6-4-5-12(16)7-13/h4-7,9,17H,8H2,1-3H3,(H,18,20). The lowest BCUT2D eigenvalue weighted by Crippen LogP contribution is -2.30. The Morgan fingerprint density at radius 1 is 1.43 bits per heavy atom. The van der Waals surface area contributed by atoms with Crippen LogP contribution in [-0.2, 0) is 4.79 Å². The summed E-state index contributed by atoms with van der Waals surface area (Å²) in [5, 5.41) is 9.61. The number of carbonyl (C=O) groups is 1. The molecule has 0 aliphatic rings. The van der Waals surface area contributed by atoms with Gasteiger partial charge in [-0.2, -0.15) is 0 Å². The molecular formula is C15H18FN3O2. The van der Waals surface area contributed by atoms with E-state index in [1.54, 1.807) is 12.1 Å². The maximum absolute atomic E-state index is 13.0. The Labute approximate surface area is 122 Å². The summed E-state index contributed by atoms with van der Waals surface area (Å²) in [4.78, 5) is 11.8. The molecule has 1 amide bonds. The first-order valence-electron chi connectivity index (χ1n) is 6.69.